The number of aliphatic hydroxyl groups excluding tert-OH is 1. The van der Waals surface area contributed by atoms with Crippen LogP contribution in [0.2, 0.25) is 5.15 Å². The van der Waals surface area contributed by atoms with Crippen LogP contribution in [0.5, 0.6) is 0 Å². The molecule has 1 aromatic rings. The van der Waals surface area contributed by atoms with E-state index in [4.69, 9.17) is 16.7 Å². The molecule has 0 atom stereocenters. The van der Waals surface area contributed by atoms with Gasteiger partial charge in [-0.05, 0) is 13.8 Å². The van der Waals surface area contributed by atoms with Gasteiger partial charge in [-0.1, -0.05) is 22.9 Å². The highest BCUT2D eigenvalue weighted by Gasteiger charge is 2.39. The Morgan fingerprint density at radius 1 is 1.65 bits per heavy atom. The zero-order chi connectivity index (χ0) is 12.6. The van der Waals surface area contributed by atoms with Crippen molar-refractivity contribution in [2.75, 3.05) is 18.0 Å². The molecule has 0 spiro atoms. The molecule has 1 aromatic heterocycles. The van der Waals surface area contributed by atoms with E-state index in [0.717, 1.165) is 0 Å². The van der Waals surface area contributed by atoms with Crippen LogP contribution >= 0.6 is 22.9 Å². The number of rotatable bonds is 2. The highest BCUT2D eigenvalue weighted by Crippen LogP contribution is 2.34. The molecule has 0 unspecified atom stereocenters. The number of carbonyl (C=O) groups excluding carboxylic acids is 1. The van der Waals surface area contributed by atoms with Gasteiger partial charge in [0, 0.05) is 13.1 Å². The summed E-state index contributed by atoms with van der Waals surface area (Å²) < 4.78 is 0. The predicted molar refractivity (Wildman–Crippen MR) is 67.5 cm³/mol. The highest BCUT2D eigenvalue weighted by atomic mass is 35.5. The molecule has 2 rings (SSSR count). The maximum atomic E-state index is 11.8. The Morgan fingerprint density at radius 2 is 2.35 bits per heavy atom. The van der Waals surface area contributed by atoms with E-state index in [1.807, 2.05) is 18.7 Å². The third kappa shape index (κ3) is 2.12. The zero-order valence-electron chi connectivity index (χ0n) is 9.66. The van der Waals surface area contributed by atoms with Gasteiger partial charge in [0.15, 0.2) is 5.13 Å². The van der Waals surface area contributed by atoms with Crippen molar-refractivity contribution in [2.24, 2.45) is 0 Å². The first-order valence-corrected chi connectivity index (χ1v) is 6.48. The number of anilines is 1. The Morgan fingerprint density at radius 3 is 2.94 bits per heavy atom. The second kappa shape index (κ2) is 4.44. The predicted octanol–water partition coefficient (Wildman–Crippen LogP) is 1.00. The number of carbonyl (C=O) groups is 1. The summed E-state index contributed by atoms with van der Waals surface area (Å²) in [6, 6.07) is 0. The van der Waals surface area contributed by atoms with Gasteiger partial charge in [-0.3, -0.25) is 4.79 Å². The van der Waals surface area contributed by atoms with Gasteiger partial charge in [-0.25, -0.2) is 4.98 Å². The van der Waals surface area contributed by atoms with Gasteiger partial charge in [0.05, 0.1) is 11.5 Å². The maximum absolute atomic E-state index is 11.8. The Kier molecular flexibility index (Phi) is 3.29. The molecule has 0 aliphatic carbocycles. The van der Waals surface area contributed by atoms with E-state index in [1.165, 1.54) is 11.3 Å². The molecule has 94 valence electrons. The number of amides is 1. The van der Waals surface area contributed by atoms with Crippen molar-refractivity contribution in [3.8, 4) is 0 Å². The van der Waals surface area contributed by atoms with Crippen molar-refractivity contribution in [2.45, 2.75) is 26.0 Å². The molecule has 0 saturated carbocycles. The third-order valence-corrected chi connectivity index (χ3v) is 4.35. The number of piperazine rings is 1. The van der Waals surface area contributed by atoms with Crippen molar-refractivity contribution < 1.29 is 9.90 Å². The summed E-state index contributed by atoms with van der Waals surface area (Å²) in [5, 5.41) is 12.9. The minimum absolute atomic E-state index is 0.0272. The van der Waals surface area contributed by atoms with Crippen LogP contribution in [-0.2, 0) is 11.4 Å². The van der Waals surface area contributed by atoms with Crippen molar-refractivity contribution in [1.29, 1.82) is 0 Å². The number of aliphatic hydroxyl groups is 1. The Hall–Kier alpha value is -0.850. The molecule has 17 heavy (non-hydrogen) atoms. The average molecular weight is 276 g/mol. The Balaban J connectivity index is 2.34. The molecule has 0 aromatic carbocycles. The summed E-state index contributed by atoms with van der Waals surface area (Å²) in [6.07, 6.45) is 0. The lowest BCUT2D eigenvalue weighted by Gasteiger charge is -2.40. The molecule has 1 saturated heterocycles. The van der Waals surface area contributed by atoms with E-state index < -0.39 is 5.54 Å². The van der Waals surface area contributed by atoms with Gasteiger partial charge in [-0.15, -0.1) is 0 Å². The van der Waals surface area contributed by atoms with Crippen LogP contribution in [0, 0.1) is 0 Å². The fraction of sp³-hybridized carbons (Fsp3) is 0.600. The van der Waals surface area contributed by atoms with Gasteiger partial charge in [-0.2, -0.15) is 0 Å². The number of hydrogen-bond acceptors (Lipinski definition) is 5. The maximum Gasteiger partial charge on any atom is 0.245 e. The lowest BCUT2D eigenvalue weighted by Crippen LogP contribution is -2.62. The topological polar surface area (TPSA) is 65.5 Å². The summed E-state index contributed by atoms with van der Waals surface area (Å²) in [5.74, 6) is -0.0272. The first kappa shape index (κ1) is 12.6. The minimum Gasteiger partial charge on any atom is -0.391 e. The van der Waals surface area contributed by atoms with E-state index >= 15 is 0 Å². The third-order valence-electron chi connectivity index (χ3n) is 2.86. The van der Waals surface area contributed by atoms with Crippen LogP contribution in [0.4, 0.5) is 5.13 Å². The molecule has 1 aliphatic rings. The van der Waals surface area contributed by atoms with Crippen molar-refractivity contribution in [3.63, 3.8) is 0 Å². The summed E-state index contributed by atoms with van der Waals surface area (Å²) in [6.45, 7) is 4.84. The molecule has 2 N–H and O–H groups in total. The number of halogens is 1. The molecule has 7 heteroatoms. The standard InChI is InChI=1S/C10H14ClN3O2S/c1-10(2)8(16)12-3-4-14(10)9-13-7(11)6(5-15)17-9/h15H,3-5H2,1-2H3,(H,12,16). The second-order valence-electron chi connectivity index (χ2n) is 4.34. The molecular weight excluding hydrogens is 262 g/mol. The molecular formula is C10H14ClN3O2S. The van der Waals surface area contributed by atoms with Gasteiger partial charge >= 0.3 is 0 Å². The van der Waals surface area contributed by atoms with Crippen LogP contribution in [0.1, 0.15) is 18.7 Å². The van der Waals surface area contributed by atoms with E-state index in [-0.39, 0.29) is 12.5 Å². The quantitative estimate of drug-likeness (QED) is 0.845. The number of thiazole rings is 1. The van der Waals surface area contributed by atoms with Crippen LogP contribution in [-0.4, -0.2) is 34.6 Å². The van der Waals surface area contributed by atoms with Crippen molar-refractivity contribution in [1.82, 2.24) is 10.3 Å². The van der Waals surface area contributed by atoms with E-state index in [1.54, 1.807) is 0 Å². The van der Waals surface area contributed by atoms with Crippen LogP contribution in [0.25, 0.3) is 0 Å². The molecule has 1 fully saturated rings. The first-order chi connectivity index (χ1) is 7.96. The Labute approximate surface area is 108 Å². The molecule has 5 nitrogen and oxygen atoms in total. The summed E-state index contributed by atoms with van der Waals surface area (Å²) in [4.78, 5) is 18.6. The molecule has 0 radical (unpaired) electrons. The normalized spacial score (nSPS) is 19.3. The van der Waals surface area contributed by atoms with Gasteiger partial charge in [0.25, 0.3) is 0 Å². The lowest BCUT2D eigenvalue weighted by molar-refractivity contribution is -0.126. The molecule has 1 amide bonds. The minimum atomic E-state index is -0.647. The first-order valence-electron chi connectivity index (χ1n) is 5.29. The average Bonchev–Trinajstić information content (AvgIpc) is 2.63. The number of nitrogens with zero attached hydrogens (tertiary/aromatic N) is 2. The number of nitrogens with one attached hydrogen (secondary N) is 1. The van der Waals surface area contributed by atoms with E-state index in [2.05, 4.69) is 10.3 Å². The van der Waals surface area contributed by atoms with Crippen LogP contribution in [0.15, 0.2) is 0 Å². The monoisotopic (exact) mass is 275 g/mol. The molecule has 2 heterocycles. The van der Waals surface area contributed by atoms with Gasteiger partial charge in [0.2, 0.25) is 5.91 Å². The zero-order valence-corrected chi connectivity index (χ0v) is 11.2. The number of hydrogen-bond donors (Lipinski definition) is 2. The SMILES string of the molecule is CC1(C)C(=O)NCCN1c1nc(Cl)c(CO)s1. The summed E-state index contributed by atoms with van der Waals surface area (Å²) in [7, 11) is 0. The van der Waals surface area contributed by atoms with Crippen LogP contribution in [0.3, 0.4) is 0 Å². The van der Waals surface area contributed by atoms with Gasteiger partial charge in [0.1, 0.15) is 10.7 Å². The van der Waals surface area contributed by atoms with E-state index in [0.29, 0.717) is 28.3 Å². The van der Waals surface area contributed by atoms with Crippen molar-refractivity contribution in [3.05, 3.63) is 10.0 Å². The number of aromatic nitrogens is 1. The largest absolute Gasteiger partial charge is 0.391 e. The summed E-state index contributed by atoms with van der Waals surface area (Å²) >= 11 is 7.23. The highest BCUT2D eigenvalue weighted by molar-refractivity contribution is 7.16. The fourth-order valence-electron chi connectivity index (χ4n) is 1.77. The second-order valence-corrected chi connectivity index (χ2v) is 5.76. The molecule has 0 bridgehead atoms. The molecule has 1 aliphatic heterocycles. The fourth-order valence-corrected chi connectivity index (χ4v) is 3.06. The summed E-state index contributed by atoms with van der Waals surface area (Å²) in [5.41, 5.74) is -0.647. The Bertz CT molecular complexity index is 447. The van der Waals surface area contributed by atoms with Crippen molar-refractivity contribution >= 4 is 34.0 Å². The van der Waals surface area contributed by atoms with Crippen LogP contribution < -0.4 is 10.2 Å². The van der Waals surface area contributed by atoms with Gasteiger partial charge < -0.3 is 15.3 Å². The lowest BCUT2D eigenvalue weighted by atomic mass is 10.00. The van der Waals surface area contributed by atoms with E-state index in [9.17, 15) is 4.79 Å². The smallest absolute Gasteiger partial charge is 0.245 e.